The van der Waals surface area contributed by atoms with Gasteiger partial charge < -0.3 is 5.11 Å². The van der Waals surface area contributed by atoms with Crippen molar-refractivity contribution in [2.75, 3.05) is 5.88 Å². The second-order valence-electron chi connectivity index (χ2n) is 2.37. The predicted molar refractivity (Wildman–Crippen MR) is 47.1 cm³/mol. The average Bonchev–Trinajstić information content (AvgIpc) is 2.01. The van der Waals surface area contributed by atoms with Crippen molar-refractivity contribution in [3.8, 4) is 0 Å². The molecule has 0 aliphatic heterocycles. The van der Waals surface area contributed by atoms with E-state index in [1.165, 1.54) is 18.2 Å². The summed E-state index contributed by atoms with van der Waals surface area (Å²) in [6, 6.07) is 3.86. The minimum Gasteiger partial charge on any atom is -0.387 e. The lowest BCUT2D eigenvalue weighted by Crippen LogP contribution is -1.98. The van der Waals surface area contributed by atoms with Gasteiger partial charge in [0.25, 0.3) is 0 Å². The summed E-state index contributed by atoms with van der Waals surface area (Å²) in [6.45, 7) is 0. The van der Waals surface area contributed by atoms with Crippen LogP contribution in [0.15, 0.2) is 18.2 Å². The zero-order valence-electron chi connectivity index (χ0n) is 6.10. The Balaban J connectivity index is 3.00. The highest BCUT2D eigenvalue weighted by atomic mass is 35.5. The van der Waals surface area contributed by atoms with Crippen LogP contribution >= 0.6 is 23.2 Å². The van der Waals surface area contributed by atoms with Crippen LogP contribution in [0.3, 0.4) is 0 Å². The molecule has 0 fully saturated rings. The van der Waals surface area contributed by atoms with E-state index in [1.807, 2.05) is 0 Å². The molecule has 1 N–H and O–H groups in total. The van der Waals surface area contributed by atoms with Crippen LogP contribution in [0.2, 0.25) is 5.02 Å². The molecule has 0 bridgehead atoms. The molecular formula is C8H7Cl2FO. The Labute approximate surface area is 79.7 Å². The van der Waals surface area contributed by atoms with Crippen molar-refractivity contribution in [2.24, 2.45) is 0 Å². The van der Waals surface area contributed by atoms with Gasteiger partial charge >= 0.3 is 0 Å². The first-order chi connectivity index (χ1) is 5.63. The van der Waals surface area contributed by atoms with Crippen LogP contribution in [-0.4, -0.2) is 11.0 Å². The molecule has 1 unspecified atom stereocenters. The van der Waals surface area contributed by atoms with Gasteiger partial charge in [-0.3, -0.25) is 0 Å². The van der Waals surface area contributed by atoms with Crippen LogP contribution in [0.1, 0.15) is 11.7 Å². The highest BCUT2D eigenvalue weighted by Gasteiger charge is 2.07. The average molecular weight is 209 g/mol. The highest BCUT2D eigenvalue weighted by Crippen LogP contribution is 2.20. The third-order valence-corrected chi connectivity index (χ3v) is 1.93. The van der Waals surface area contributed by atoms with Crippen LogP contribution in [0.4, 0.5) is 4.39 Å². The molecule has 12 heavy (non-hydrogen) atoms. The quantitative estimate of drug-likeness (QED) is 0.742. The van der Waals surface area contributed by atoms with E-state index in [0.29, 0.717) is 5.56 Å². The Hall–Kier alpha value is -0.310. The largest absolute Gasteiger partial charge is 0.387 e. The summed E-state index contributed by atoms with van der Waals surface area (Å²) in [6.07, 6.45) is -0.861. The monoisotopic (exact) mass is 208 g/mol. The molecule has 0 heterocycles. The van der Waals surface area contributed by atoms with Gasteiger partial charge in [-0.05, 0) is 23.8 Å². The predicted octanol–water partition coefficient (Wildman–Crippen LogP) is 2.75. The molecule has 0 radical (unpaired) electrons. The molecule has 1 aromatic carbocycles. The molecule has 0 spiro atoms. The number of rotatable bonds is 2. The first-order valence-electron chi connectivity index (χ1n) is 3.33. The third kappa shape index (κ3) is 2.34. The lowest BCUT2D eigenvalue weighted by molar-refractivity contribution is 0.202. The number of halogens is 3. The van der Waals surface area contributed by atoms with Crippen molar-refractivity contribution >= 4 is 23.2 Å². The van der Waals surface area contributed by atoms with Crippen molar-refractivity contribution in [3.05, 3.63) is 34.6 Å². The Morgan fingerprint density at radius 3 is 2.58 bits per heavy atom. The van der Waals surface area contributed by atoms with Crippen LogP contribution in [0.5, 0.6) is 0 Å². The summed E-state index contributed by atoms with van der Waals surface area (Å²) in [5.74, 6) is -0.443. The number of alkyl halides is 1. The second-order valence-corrected chi connectivity index (χ2v) is 3.12. The highest BCUT2D eigenvalue weighted by molar-refractivity contribution is 6.30. The van der Waals surface area contributed by atoms with Gasteiger partial charge in [-0.15, -0.1) is 11.6 Å². The lowest BCUT2D eigenvalue weighted by Gasteiger charge is -2.06. The summed E-state index contributed by atoms with van der Waals surface area (Å²) >= 11 is 10.9. The van der Waals surface area contributed by atoms with Gasteiger partial charge in [0.15, 0.2) is 0 Å². The van der Waals surface area contributed by atoms with Gasteiger partial charge in [0.2, 0.25) is 0 Å². The molecule has 4 heteroatoms. The van der Waals surface area contributed by atoms with Crippen molar-refractivity contribution in [1.82, 2.24) is 0 Å². The molecule has 0 saturated heterocycles. The first kappa shape index (κ1) is 9.78. The van der Waals surface area contributed by atoms with Crippen molar-refractivity contribution in [1.29, 1.82) is 0 Å². The van der Waals surface area contributed by atoms with Gasteiger partial charge in [0.1, 0.15) is 5.82 Å². The SMILES string of the molecule is OC(CCl)c1cc(F)cc(Cl)c1. The Kier molecular flexibility index (Phi) is 3.32. The van der Waals surface area contributed by atoms with Crippen molar-refractivity contribution in [2.45, 2.75) is 6.10 Å². The molecule has 1 rings (SSSR count). The van der Waals surface area contributed by atoms with E-state index in [0.717, 1.165) is 0 Å². The molecule has 0 aliphatic rings. The van der Waals surface area contributed by atoms with E-state index in [2.05, 4.69) is 0 Å². The topological polar surface area (TPSA) is 20.2 Å². The van der Waals surface area contributed by atoms with Crippen molar-refractivity contribution in [3.63, 3.8) is 0 Å². The normalized spacial score (nSPS) is 13.0. The zero-order chi connectivity index (χ0) is 9.14. The summed E-state index contributed by atoms with van der Waals surface area (Å²) in [5, 5.41) is 9.48. The first-order valence-corrected chi connectivity index (χ1v) is 4.24. The van der Waals surface area contributed by atoms with E-state index in [-0.39, 0.29) is 10.9 Å². The third-order valence-electron chi connectivity index (χ3n) is 1.42. The number of hydrogen-bond donors (Lipinski definition) is 1. The van der Waals surface area contributed by atoms with Gasteiger partial charge in [-0.25, -0.2) is 4.39 Å². The zero-order valence-corrected chi connectivity index (χ0v) is 7.61. The number of aliphatic hydroxyl groups is 1. The number of hydrogen-bond acceptors (Lipinski definition) is 1. The van der Waals surface area contributed by atoms with Gasteiger partial charge in [-0.2, -0.15) is 0 Å². The molecule has 66 valence electrons. The molecule has 1 aromatic rings. The van der Waals surface area contributed by atoms with E-state index in [1.54, 1.807) is 0 Å². The fourth-order valence-corrected chi connectivity index (χ4v) is 1.27. The second kappa shape index (κ2) is 4.08. The van der Waals surface area contributed by atoms with Crippen LogP contribution in [0.25, 0.3) is 0 Å². The summed E-state index contributed by atoms with van der Waals surface area (Å²) in [7, 11) is 0. The Morgan fingerprint density at radius 1 is 1.42 bits per heavy atom. The van der Waals surface area contributed by atoms with E-state index in [4.69, 9.17) is 23.2 Å². The lowest BCUT2D eigenvalue weighted by atomic mass is 10.1. The van der Waals surface area contributed by atoms with Gasteiger partial charge in [-0.1, -0.05) is 11.6 Å². The maximum absolute atomic E-state index is 12.7. The minimum atomic E-state index is -0.861. The van der Waals surface area contributed by atoms with E-state index in [9.17, 15) is 9.50 Å². The maximum atomic E-state index is 12.7. The summed E-state index contributed by atoms with van der Waals surface area (Å²) in [4.78, 5) is 0. The minimum absolute atomic E-state index is 0.0276. The van der Waals surface area contributed by atoms with Crippen LogP contribution < -0.4 is 0 Å². The molecule has 1 atom stereocenters. The number of benzene rings is 1. The molecule has 0 aromatic heterocycles. The smallest absolute Gasteiger partial charge is 0.125 e. The van der Waals surface area contributed by atoms with E-state index >= 15 is 0 Å². The molecule has 0 saturated carbocycles. The maximum Gasteiger partial charge on any atom is 0.125 e. The standard InChI is InChI=1S/C8H7Cl2FO/c9-4-8(12)5-1-6(10)3-7(11)2-5/h1-3,8,12H,4H2. The number of aliphatic hydroxyl groups excluding tert-OH is 1. The Bertz CT molecular complexity index is 258. The summed E-state index contributed by atoms with van der Waals surface area (Å²) < 4.78 is 12.7. The van der Waals surface area contributed by atoms with Crippen molar-refractivity contribution < 1.29 is 9.50 Å². The van der Waals surface area contributed by atoms with Gasteiger partial charge in [0.05, 0.1) is 12.0 Å². The Morgan fingerprint density at radius 2 is 2.08 bits per heavy atom. The van der Waals surface area contributed by atoms with E-state index < -0.39 is 11.9 Å². The van der Waals surface area contributed by atoms with Crippen LogP contribution in [-0.2, 0) is 0 Å². The summed E-state index contributed by atoms with van der Waals surface area (Å²) in [5.41, 5.74) is 0.398. The molecule has 0 aliphatic carbocycles. The molecular weight excluding hydrogens is 202 g/mol. The fraction of sp³-hybridized carbons (Fsp3) is 0.250. The molecule has 0 amide bonds. The fourth-order valence-electron chi connectivity index (χ4n) is 0.857. The van der Waals surface area contributed by atoms with Crippen LogP contribution in [0, 0.1) is 5.82 Å². The molecule has 1 nitrogen and oxygen atoms in total. The van der Waals surface area contributed by atoms with Gasteiger partial charge in [0, 0.05) is 5.02 Å².